The lowest BCUT2D eigenvalue weighted by Crippen LogP contribution is -2.29. The Hall–Kier alpha value is -4.07. The van der Waals surface area contributed by atoms with Crippen molar-refractivity contribution in [2.75, 3.05) is 4.61 Å². The van der Waals surface area contributed by atoms with E-state index in [2.05, 4.69) is 25.8 Å². The number of alkyl halides is 1. The molecule has 0 aliphatic heterocycles. The van der Waals surface area contributed by atoms with Crippen molar-refractivity contribution in [3.05, 3.63) is 118 Å². The van der Waals surface area contributed by atoms with Gasteiger partial charge in [0.25, 0.3) is 0 Å². The summed E-state index contributed by atoms with van der Waals surface area (Å²) in [4.78, 5) is 33.3. The number of halogens is 3. The number of hydrogen-bond acceptors (Lipinski definition) is 7. The van der Waals surface area contributed by atoms with Crippen LogP contribution in [0.15, 0.2) is 85.2 Å². The molecule has 0 unspecified atom stereocenters. The molecular weight excluding hydrogens is 692 g/mol. The van der Waals surface area contributed by atoms with Crippen LogP contribution in [-0.2, 0) is 16.0 Å². The second-order valence-corrected chi connectivity index (χ2v) is 10.4. The van der Waals surface area contributed by atoms with Gasteiger partial charge in [0.1, 0.15) is 27.6 Å². The predicted octanol–water partition coefficient (Wildman–Crippen LogP) is 6.02. The maximum Gasteiger partial charge on any atom is 0.338 e. The van der Waals surface area contributed by atoms with Crippen molar-refractivity contribution in [1.82, 2.24) is 35.5 Å². The summed E-state index contributed by atoms with van der Waals surface area (Å²) in [5.41, 5.74) is 3.75. The van der Waals surface area contributed by atoms with Gasteiger partial charge in [0.05, 0.1) is 17.3 Å². The van der Waals surface area contributed by atoms with Crippen LogP contribution in [0.4, 0.5) is 0 Å². The maximum absolute atomic E-state index is 13.2. The second-order valence-electron chi connectivity index (χ2n) is 8.95. The Kier molecular flexibility index (Phi) is 9.62. The molecule has 0 bridgehead atoms. The molecular formula is C29H22Cl2IN7O3. The zero-order chi connectivity index (χ0) is 29.5. The van der Waals surface area contributed by atoms with Crippen molar-refractivity contribution in [2.24, 2.45) is 0 Å². The highest BCUT2D eigenvalue weighted by Gasteiger charge is 2.22. The van der Waals surface area contributed by atoms with Crippen LogP contribution < -0.4 is 5.32 Å². The van der Waals surface area contributed by atoms with Gasteiger partial charge in [-0.1, -0.05) is 65.7 Å². The first kappa shape index (κ1) is 29.4. The summed E-state index contributed by atoms with van der Waals surface area (Å²) < 4.78 is 6.82. The third-order valence-electron chi connectivity index (χ3n) is 6.16. The van der Waals surface area contributed by atoms with E-state index in [9.17, 15) is 9.59 Å². The largest absolute Gasteiger partial charge is 0.451 e. The molecule has 2 heterocycles. The molecule has 0 aliphatic carbocycles. The molecule has 1 amide bonds. The van der Waals surface area contributed by atoms with E-state index in [0.29, 0.717) is 45.3 Å². The normalized spacial score (nSPS) is 11.9. The quantitative estimate of drug-likeness (QED) is 0.0784. The molecule has 2 N–H and O–H groups in total. The molecule has 5 rings (SSSR count). The Balaban J connectivity index is 1.42. The van der Waals surface area contributed by atoms with E-state index in [0.717, 1.165) is 5.56 Å². The first-order valence-corrected chi connectivity index (χ1v) is 14.8. The molecule has 0 fully saturated rings. The number of H-pyrrole nitrogens is 1. The Morgan fingerprint density at radius 1 is 1.07 bits per heavy atom. The van der Waals surface area contributed by atoms with E-state index in [4.69, 9.17) is 32.9 Å². The van der Waals surface area contributed by atoms with E-state index in [-0.39, 0.29) is 15.7 Å². The van der Waals surface area contributed by atoms with Crippen molar-refractivity contribution < 1.29 is 14.3 Å². The number of esters is 1. The molecule has 0 saturated heterocycles. The number of nitrogens with one attached hydrogen (secondary N) is 2. The van der Waals surface area contributed by atoms with Crippen LogP contribution in [0.3, 0.4) is 0 Å². The van der Waals surface area contributed by atoms with Crippen molar-refractivity contribution in [1.29, 1.82) is 0 Å². The van der Waals surface area contributed by atoms with Crippen molar-refractivity contribution in [3.8, 4) is 16.9 Å². The topological polar surface area (TPSA) is 128 Å². The number of imidazole rings is 1. The fraction of sp³-hybridized carbons (Fsp3) is 0.103. The molecule has 0 spiro atoms. The van der Waals surface area contributed by atoms with Crippen LogP contribution in [0, 0.1) is 0 Å². The first-order chi connectivity index (χ1) is 20.4. The Morgan fingerprint density at radius 2 is 1.90 bits per heavy atom. The molecule has 0 saturated carbocycles. The van der Waals surface area contributed by atoms with Crippen LogP contribution in [0.2, 0.25) is 10.2 Å². The molecule has 2 aromatic heterocycles. The highest BCUT2D eigenvalue weighted by atomic mass is 127. The number of rotatable bonds is 10. The summed E-state index contributed by atoms with van der Waals surface area (Å²) in [6, 6.07) is 21.2. The summed E-state index contributed by atoms with van der Waals surface area (Å²) >= 11 is 14.8. The summed E-state index contributed by atoms with van der Waals surface area (Å²) in [6.07, 6.45) is 4.94. The third-order valence-corrected chi connectivity index (χ3v) is 6.98. The lowest BCUT2D eigenvalue weighted by Gasteiger charge is -2.16. The summed E-state index contributed by atoms with van der Waals surface area (Å²) in [7, 11) is 0. The van der Waals surface area contributed by atoms with Crippen molar-refractivity contribution in [2.45, 2.75) is 12.5 Å². The number of ether oxygens (including phenoxy) is 1. The monoisotopic (exact) mass is 713 g/mol. The van der Waals surface area contributed by atoms with Crippen LogP contribution >= 0.6 is 45.8 Å². The molecule has 10 nitrogen and oxygen atoms in total. The van der Waals surface area contributed by atoms with E-state index < -0.39 is 12.0 Å². The van der Waals surface area contributed by atoms with E-state index in [1.54, 1.807) is 48.5 Å². The highest BCUT2D eigenvalue weighted by molar-refractivity contribution is 14.1. The van der Waals surface area contributed by atoms with Gasteiger partial charge in [-0.15, -0.1) is 5.10 Å². The minimum absolute atomic E-state index is 0.236. The third kappa shape index (κ3) is 7.22. The van der Waals surface area contributed by atoms with Gasteiger partial charge in [-0.25, -0.2) is 9.78 Å². The fourth-order valence-corrected chi connectivity index (χ4v) is 4.95. The number of aromatic amines is 1. The van der Waals surface area contributed by atoms with Gasteiger partial charge in [0, 0.05) is 22.2 Å². The van der Waals surface area contributed by atoms with Crippen LogP contribution in [0.5, 0.6) is 0 Å². The molecule has 3 aromatic carbocycles. The Bertz CT molecular complexity index is 1730. The molecule has 0 aliphatic rings. The van der Waals surface area contributed by atoms with Gasteiger partial charge in [-0.3, -0.25) is 4.79 Å². The fourth-order valence-electron chi connectivity index (χ4n) is 4.24. The lowest BCUT2D eigenvalue weighted by molar-refractivity contribution is -0.117. The number of nitrogens with zero attached hydrogens (tertiary/aromatic N) is 5. The smallest absolute Gasteiger partial charge is 0.338 e. The van der Waals surface area contributed by atoms with Crippen molar-refractivity contribution >= 4 is 63.7 Å². The standard InChI is InChI=1S/C29H22Cl2IN7O3/c30-22-10-11-24(39-17-33-37-38-39)19(15-22)9-12-25(40)34-23(13-18-5-2-1-3-6-18)28-35-26(27(31)36-28)20-7-4-8-21(14-20)29(41)42-16-32/h1-12,14-15,17,23H,13,16H2,(H,34,40)(H,35,36)/b12-9+/t23-/m0/s1. The number of benzene rings is 3. The van der Waals surface area contributed by atoms with Gasteiger partial charge in [0.15, 0.2) is 0 Å². The number of carbonyl (C=O) groups is 2. The van der Waals surface area contributed by atoms with Crippen LogP contribution in [0.1, 0.15) is 33.4 Å². The average molecular weight is 714 g/mol. The molecule has 42 heavy (non-hydrogen) atoms. The molecule has 13 heteroatoms. The van der Waals surface area contributed by atoms with Gasteiger partial charge >= 0.3 is 5.97 Å². The van der Waals surface area contributed by atoms with Gasteiger partial charge < -0.3 is 15.0 Å². The average Bonchev–Trinajstić information content (AvgIpc) is 3.67. The zero-order valence-electron chi connectivity index (χ0n) is 21.7. The van der Waals surface area contributed by atoms with Gasteiger partial charge in [-0.2, -0.15) is 4.68 Å². The Labute approximate surface area is 264 Å². The molecule has 212 valence electrons. The van der Waals surface area contributed by atoms with Crippen LogP contribution in [0.25, 0.3) is 23.0 Å². The van der Waals surface area contributed by atoms with Crippen LogP contribution in [-0.4, -0.2) is 46.7 Å². The minimum atomic E-state index is -0.554. The zero-order valence-corrected chi connectivity index (χ0v) is 25.4. The molecule has 1 atom stereocenters. The number of amides is 1. The lowest BCUT2D eigenvalue weighted by atomic mass is 10.1. The number of aromatic nitrogens is 6. The Morgan fingerprint density at radius 3 is 2.67 bits per heavy atom. The first-order valence-electron chi connectivity index (χ1n) is 12.6. The molecule has 0 radical (unpaired) electrons. The van der Waals surface area contributed by atoms with E-state index in [1.807, 2.05) is 52.9 Å². The summed E-state index contributed by atoms with van der Waals surface area (Å²) in [5.74, 6) is -0.351. The summed E-state index contributed by atoms with van der Waals surface area (Å²) in [6.45, 7) is 0. The predicted molar refractivity (Wildman–Crippen MR) is 168 cm³/mol. The maximum atomic E-state index is 13.2. The minimum Gasteiger partial charge on any atom is -0.451 e. The van der Waals surface area contributed by atoms with Gasteiger partial charge in [-0.05, 0) is 81.4 Å². The van der Waals surface area contributed by atoms with E-state index >= 15 is 0 Å². The molecule has 5 aromatic rings. The summed E-state index contributed by atoms with van der Waals surface area (Å²) in [5, 5.41) is 15.1. The second kappa shape index (κ2) is 13.7. The van der Waals surface area contributed by atoms with Gasteiger partial charge in [0.2, 0.25) is 5.91 Å². The highest BCUT2D eigenvalue weighted by Crippen LogP contribution is 2.29. The van der Waals surface area contributed by atoms with Crippen molar-refractivity contribution in [3.63, 3.8) is 0 Å². The SMILES string of the molecule is O=C(/C=C/c1cc(Cl)ccc1-n1cnnn1)N[C@@H](Cc1ccccc1)c1nc(-c2cccc(C(=O)OCI)c2)c(Cl)[nH]1. The number of hydrogen-bond donors (Lipinski definition) is 2. The number of tetrazole rings is 1. The van der Waals surface area contributed by atoms with E-state index in [1.165, 1.54) is 17.1 Å². The number of carbonyl (C=O) groups excluding carboxylic acids is 2.